The van der Waals surface area contributed by atoms with Crippen LogP contribution >= 0.6 is 0 Å². The maximum atomic E-state index is 15.1. The van der Waals surface area contributed by atoms with Gasteiger partial charge in [-0.1, -0.05) is 0 Å². The van der Waals surface area contributed by atoms with Crippen molar-refractivity contribution in [1.29, 1.82) is 0 Å². The molecule has 3 rings (SSSR count). The minimum Gasteiger partial charge on any atom is -0.492 e. The minimum atomic E-state index is -1.45. The third kappa shape index (κ3) is 4.23. The van der Waals surface area contributed by atoms with E-state index in [0.717, 1.165) is 18.7 Å². The molecule has 0 aliphatic carbocycles. The number of halogens is 2. The Morgan fingerprint density at radius 1 is 1.37 bits per heavy atom. The number of anilines is 1. The van der Waals surface area contributed by atoms with Crippen LogP contribution in [-0.4, -0.2) is 78.5 Å². The summed E-state index contributed by atoms with van der Waals surface area (Å²) in [5.74, 6) is -2.01. The van der Waals surface area contributed by atoms with Crippen molar-refractivity contribution >= 4 is 22.6 Å². The second-order valence-corrected chi connectivity index (χ2v) is 7.05. The van der Waals surface area contributed by atoms with Crippen LogP contribution in [0.5, 0.6) is 5.75 Å². The summed E-state index contributed by atoms with van der Waals surface area (Å²) >= 11 is 0. The van der Waals surface area contributed by atoms with Gasteiger partial charge in [-0.2, -0.15) is 0 Å². The second kappa shape index (κ2) is 9.83. The lowest BCUT2D eigenvalue weighted by atomic mass is 10.1. The Morgan fingerprint density at radius 2 is 2.03 bits per heavy atom. The number of carboxylic acid groups (broad SMARTS) is 1. The highest BCUT2D eigenvalue weighted by molar-refractivity contribution is 5.97. The number of aromatic carboxylic acids is 1. The standard InChI is InChI=1S/C19H23F2N3O4.2H2O/c1-22(2)11-4-6-23(9-11)16-14(21)8-12-15(18(16)28-3)24(7-5-20)10-13(17(12)25)19(26)27;;/h8,10-11H,4-7,9H2,1-3H3,(H,26,27);2*1H2. The molecule has 168 valence electrons. The molecule has 11 heteroatoms. The monoisotopic (exact) mass is 431 g/mol. The Hall–Kier alpha value is -2.76. The van der Waals surface area contributed by atoms with Crippen LogP contribution in [0.3, 0.4) is 0 Å². The third-order valence-electron chi connectivity index (χ3n) is 5.21. The van der Waals surface area contributed by atoms with Crippen LogP contribution in [0.15, 0.2) is 17.1 Å². The first-order valence-electron chi connectivity index (χ1n) is 8.94. The molecule has 0 amide bonds. The number of nitrogens with zero attached hydrogens (tertiary/aromatic N) is 3. The van der Waals surface area contributed by atoms with E-state index < -0.39 is 29.5 Å². The van der Waals surface area contributed by atoms with Gasteiger partial charge in [-0.05, 0) is 26.6 Å². The van der Waals surface area contributed by atoms with E-state index in [9.17, 15) is 19.1 Å². The van der Waals surface area contributed by atoms with Crippen LogP contribution in [0, 0.1) is 5.82 Å². The Bertz CT molecular complexity index is 979. The number of carbonyl (C=O) groups is 1. The molecule has 30 heavy (non-hydrogen) atoms. The van der Waals surface area contributed by atoms with Gasteiger partial charge in [0.05, 0.1) is 24.6 Å². The molecule has 1 fully saturated rings. The van der Waals surface area contributed by atoms with Crippen molar-refractivity contribution in [3.63, 3.8) is 0 Å². The van der Waals surface area contributed by atoms with E-state index in [4.69, 9.17) is 4.74 Å². The Kier molecular flexibility index (Phi) is 8.28. The summed E-state index contributed by atoms with van der Waals surface area (Å²) in [5.41, 5.74) is -0.966. The summed E-state index contributed by atoms with van der Waals surface area (Å²) in [5, 5.41) is 9.13. The second-order valence-electron chi connectivity index (χ2n) is 7.05. The molecule has 0 bridgehead atoms. The number of methoxy groups -OCH3 is 1. The quantitative estimate of drug-likeness (QED) is 0.698. The van der Waals surface area contributed by atoms with Crippen LogP contribution < -0.4 is 15.1 Å². The number of hydrogen-bond donors (Lipinski definition) is 1. The van der Waals surface area contributed by atoms with E-state index in [1.54, 1.807) is 0 Å². The summed E-state index contributed by atoms with van der Waals surface area (Å²) in [6.07, 6.45) is 1.92. The maximum absolute atomic E-state index is 15.1. The zero-order valence-electron chi connectivity index (χ0n) is 17.0. The third-order valence-corrected chi connectivity index (χ3v) is 5.21. The average molecular weight is 431 g/mol. The van der Waals surface area contributed by atoms with E-state index in [1.807, 2.05) is 19.0 Å². The van der Waals surface area contributed by atoms with Gasteiger partial charge in [-0.15, -0.1) is 0 Å². The van der Waals surface area contributed by atoms with Gasteiger partial charge in [-0.25, -0.2) is 13.6 Å². The number of carboxylic acids is 1. The topological polar surface area (TPSA) is 138 Å². The van der Waals surface area contributed by atoms with Crippen molar-refractivity contribution in [2.75, 3.05) is 45.9 Å². The van der Waals surface area contributed by atoms with Crippen molar-refractivity contribution in [3.05, 3.63) is 33.9 Å². The molecule has 5 N–H and O–H groups in total. The van der Waals surface area contributed by atoms with Crippen LogP contribution in [0.2, 0.25) is 0 Å². The number of benzene rings is 1. The largest absolute Gasteiger partial charge is 0.492 e. The fourth-order valence-electron chi connectivity index (χ4n) is 3.76. The molecule has 2 aromatic rings. The lowest BCUT2D eigenvalue weighted by Gasteiger charge is -2.25. The normalized spacial score (nSPS) is 15.8. The van der Waals surface area contributed by atoms with E-state index in [0.29, 0.717) is 13.1 Å². The Balaban J connectivity index is 0.00000225. The highest BCUT2D eigenvalue weighted by Gasteiger charge is 2.31. The van der Waals surface area contributed by atoms with Gasteiger partial charge in [0, 0.05) is 25.3 Å². The molecule has 1 unspecified atom stereocenters. The van der Waals surface area contributed by atoms with Gasteiger partial charge in [-0.3, -0.25) is 4.79 Å². The molecule has 1 aliphatic heterocycles. The summed E-state index contributed by atoms with van der Waals surface area (Å²) in [6, 6.07) is 1.27. The van der Waals surface area contributed by atoms with Gasteiger partial charge in [0.15, 0.2) is 11.6 Å². The zero-order chi connectivity index (χ0) is 20.6. The van der Waals surface area contributed by atoms with Gasteiger partial charge in [0.25, 0.3) is 0 Å². The number of hydrogen-bond acceptors (Lipinski definition) is 5. The molecule has 0 saturated carbocycles. The van der Waals surface area contributed by atoms with Crippen molar-refractivity contribution in [3.8, 4) is 5.75 Å². The Labute approximate surface area is 171 Å². The highest BCUT2D eigenvalue weighted by atomic mass is 19.1. The van der Waals surface area contributed by atoms with Gasteiger partial charge >= 0.3 is 5.97 Å². The average Bonchev–Trinajstić information content (AvgIpc) is 3.12. The number of fused-ring (bicyclic) bond motifs is 1. The van der Waals surface area contributed by atoms with Crippen molar-refractivity contribution in [2.24, 2.45) is 0 Å². The zero-order valence-corrected chi connectivity index (χ0v) is 17.0. The van der Waals surface area contributed by atoms with E-state index in [1.165, 1.54) is 11.7 Å². The lowest BCUT2D eigenvalue weighted by molar-refractivity contribution is 0.0694. The molecule has 0 spiro atoms. The van der Waals surface area contributed by atoms with Crippen LogP contribution in [0.4, 0.5) is 14.5 Å². The van der Waals surface area contributed by atoms with E-state index >= 15 is 4.39 Å². The van der Waals surface area contributed by atoms with E-state index in [-0.39, 0.29) is 45.9 Å². The summed E-state index contributed by atoms with van der Waals surface area (Å²) in [6.45, 7) is 0.215. The molecular formula is C19H27F2N3O6. The predicted octanol–water partition coefficient (Wildman–Crippen LogP) is 0.308. The lowest BCUT2D eigenvalue weighted by Crippen LogP contribution is -2.32. The molecule has 2 heterocycles. The van der Waals surface area contributed by atoms with Gasteiger partial charge in [0.2, 0.25) is 5.43 Å². The maximum Gasteiger partial charge on any atom is 0.341 e. The first-order chi connectivity index (χ1) is 13.3. The molecule has 9 nitrogen and oxygen atoms in total. The number of aryl methyl sites for hydroxylation is 1. The van der Waals surface area contributed by atoms with Crippen LogP contribution in [0.25, 0.3) is 10.9 Å². The highest BCUT2D eigenvalue weighted by Crippen LogP contribution is 2.39. The summed E-state index contributed by atoms with van der Waals surface area (Å²) in [7, 11) is 5.26. The fourth-order valence-corrected chi connectivity index (χ4v) is 3.76. The smallest absolute Gasteiger partial charge is 0.341 e. The minimum absolute atomic E-state index is 0. The molecule has 1 saturated heterocycles. The van der Waals surface area contributed by atoms with Crippen LogP contribution in [0.1, 0.15) is 16.8 Å². The van der Waals surface area contributed by atoms with Gasteiger partial charge in [0.1, 0.15) is 17.9 Å². The Morgan fingerprint density at radius 3 is 2.53 bits per heavy atom. The number of ether oxygens (including phenoxy) is 1. The molecule has 1 atom stereocenters. The summed E-state index contributed by atoms with van der Waals surface area (Å²) < 4.78 is 35.0. The van der Waals surface area contributed by atoms with Crippen LogP contribution in [-0.2, 0) is 6.54 Å². The molecule has 1 aromatic carbocycles. The number of alkyl halides is 1. The number of likely N-dealkylation sites (N-methyl/N-ethyl adjacent to an activating group) is 1. The molecule has 1 aliphatic rings. The number of aromatic nitrogens is 1. The fraction of sp³-hybridized carbons (Fsp3) is 0.474. The number of pyridine rings is 1. The first kappa shape index (κ1) is 25.3. The SMILES string of the molecule is COc1c(N2CCC(N(C)C)C2)c(F)cc2c(=O)c(C(=O)O)cn(CCF)c12.O.O. The van der Waals surface area contributed by atoms with Gasteiger partial charge < -0.3 is 35.2 Å². The van der Waals surface area contributed by atoms with Crippen molar-refractivity contribution in [1.82, 2.24) is 9.47 Å². The summed E-state index contributed by atoms with van der Waals surface area (Å²) in [4.78, 5) is 27.9. The predicted molar refractivity (Wildman–Crippen MR) is 109 cm³/mol. The van der Waals surface area contributed by atoms with Crippen molar-refractivity contribution < 1.29 is 34.4 Å². The first-order valence-corrected chi connectivity index (χ1v) is 8.94. The number of rotatable bonds is 6. The van der Waals surface area contributed by atoms with Crippen molar-refractivity contribution in [2.45, 2.75) is 19.0 Å². The van der Waals surface area contributed by atoms with E-state index in [2.05, 4.69) is 4.90 Å². The molecular weight excluding hydrogens is 404 g/mol. The molecule has 1 aromatic heterocycles. The molecule has 0 radical (unpaired) electrons.